The van der Waals surface area contributed by atoms with Crippen molar-refractivity contribution in [2.45, 2.75) is 21.0 Å². The van der Waals surface area contributed by atoms with Gasteiger partial charge in [0.2, 0.25) is 13.6 Å². The van der Waals surface area contributed by atoms with Crippen LogP contribution in [-0.2, 0) is 9.84 Å². The van der Waals surface area contributed by atoms with Crippen molar-refractivity contribution in [3.8, 4) is 0 Å². The van der Waals surface area contributed by atoms with Crippen LogP contribution in [0, 0.1) is 6.92 Å². The highest BCUT2D eigenvalue weighted by Gasteiger charge is 2.44. The van der Waals surface area contributed by atoms with Gasteiger partial charge in [-0.15, -0.1) is 0 Å². The van der Waals surface area contributed by atoms with Gasteiger partial charge in [0.05, 0.1) is 4.90 Å². The quantitative estimate of drug-likeness (QED) is 0.783. The van der Waals surface area contributed by atoms with E-state index in [0.29, 0.717) is 0 Å². The first kappa shape index (κ1) is 19.1. The fraction of sp³-hybridized carbons (Fsp3) is 0.188. The fourth-order valence-corrected chi connectivity index (χ4v) is 4.78. The third-order valence-electron chi connectivity index (χ3n) is 3.22. The molecule has 1 amide bonds. The number of halogens is 3. The van der Waals surface area contributed by atoms with Gasteiger partial charge in [-0.05, 0) is 36.8 Å². The number of alkyl halides is 3. The van der Waals surface area contributed by atoms with Gasteiger partial charge in [-0.3, -0.25) is 4.79 Å². The van der Waals surface area contributed by atoms with Crippen LogP contribution >= 0.6 is 34.8 Å². The Bertz CT molecular complexity index is 833. The molecule has 1 unspecified atom stereocenters. The van der Waals surface area contributed by atoms with E-state index in [1.165, 1.54) is 24.3 Å². The minimum absolute atomic E-state index is 0.0350. The lowest BCUT2D eigenvalue weighted by Gasteiger charge is -2.25. The van der Waals surface area contributed by atoms with E-state index in [-0.39, 0.29) is 10.5 Å². The number of rotatable bonds is 4. The molecule has 0 aromatic heterocycles. The van der Waals surface area contributed by atoms with Gasteiger partial charge in [0.1, 0.15) is 0 Å². The maximum absolute atomic E-state index is 12.8. The molecule has 0 fully saturated rings. The van der Waals surface area contributed by atoms with Crippen molar-refractivity contribution in [1.29, 1.82) is 0 Å². The van der Waals surface area contributed by atoms with Crippen molar-refractivity contribution in [3.63, 3.8) is 0 Å². The SMILES string of the molecule is Cc1cccc(S(=O)(=O)C(NC(=O)c2ccccc2)C(Cl)(Cl)Cl)c1. The number of carbonyl (C=O) groups excluding carboxylic acids is 1. The Kier molecular flexibility index (Phi) is 5.81. The minimum atomic E-state index is -4.11. The van der Waals surface area contributed by atoms with E-state index in [4.69, 9.17) is 34.8 Å². The summed E-state index contributed by atoms with van der Waals surface area (Å²) in [6, 6.07) is 14.2. The molecule has 0 spiro atoms. The number of carbonyl (C=O) groups is 1. The molecule has 2 aromatic carbocycles. The normalized spacial score (nSPS) is 13.3. The Hall–Kier alpha value is -1.27. The summed E-state index contributed by atoms with van der Waals surface area (Å²) in [6.07, 6.45) is 0. The molecule has 0 saturated carbocycles. The van der Waals surface area contributed by atoms with Gasteiger partial charge in [0.15, 0.2) is 5.37 Å². The van der Waals surface area contributed by atoms with Gasteiger partial charge in [-0.25, -0.2) is 8.42 Å². The lowest BCUT2D eigenvalue weighted by molar-refractivity contribution is 0.0948. The van der Waals surface area contributed by atoms with E-state index in [1.807, 2.05) is 0 Å². The summed E-state index contributed by atoms with van der Waals surface area (Å²) >= 11 is 17.5. The van der Waals surface area contributed by atoms with Crippen LogP contribution in [0.3, 0.4) is 0 Å². The predicted molar refractivity (Wildman–Crippen MR) is 96.4 cm³/mol. The first-order valence-corrected chi connectivity index (χ1v) is 9.53. The monoisotopic (exact) mass is 405 g/mol. The Morgan fingerprint density at radius 1 is 1.04 bits per heavy atom. The molecule has 1 atom stereocenters. The van der Waals surface area contributed by atoms with Crippen molar-refractivity contribution in [2.24, 2.45) is 0 Å². The Labute approximate surface area is 155 Å². The van der Waals surface area contributed by atoms with Crippen molar-refractivity contribution in [1.82, 2.24) is 5.32 Å². The van der Waals surface area contributed by atoms with Crippen LogP contribution in [0.5, 0.6) is 0 Å². The number of nitrogens with one attached hydrogen (secondary N) is 1. The van der Waals surface area contributed by atoms with Crippen LogP contribution in [0.2, 0.25) is 0 Å². The number of amides is 1. The van der Waals surface area contributed by atoms with Gasteiger partial charge in [0, 0.05) is 5.56 Å². The molecule has 2 rings (SSSR count). The van der Waals surface area contributed by atoms with Crippen LogP contribution in [0.1, 0.15) is 15.9 Å². The highest BCUT2D eigenvalue weighted by Crippen LogP contribution is 2.36. The Morgan fingerprint density at radius 3 is 2.21 bits per heavy atom. The smallest absolute Gasteiger partial charge is 0.252 e. The van der Waals surface area contributed by atoms with Crippen LogP contribution in [0.4, 0.5) is 0 Å². The molecule has 8 heteroatoms. The lowest BCUT2D eigenvalue weighted by Crippen LogP contribution is -2.49. The molecule has 0 radical (unpaired) electrons. The van der Waals surface area contributed by atoms with E-state index in [1.54, 1.807) is 37.3 Å². The lowest BCUT2D eigenvalue weighted by atomic mass is 10.2. The van der Waals surface area contributed by atoms with Gasteiger partial charge in [-0.1, -0.05) is 65.1 Å². The molecule has 0 bridgehead atoms. The number of sulfone groups is 1. The molecule has 0 aliphatic heterocycles. The number of benzene rings is 2. The second-order valence-electron chi connectivity index (χ2n) is 5.12. The summed E-state index contributed by atoms with van der Waals surface area (Å²) in [7, 11) is -4.11. The zero-order valence-corrected chi connectivity index (χ0v) is 15.6. The van der Waals surface area contributed by atoms with Crippen molar-refractivity contribution < 1.29 is 13.2 Å². The molecule has 0 aliphatic rings. The minimum Gasteiger partial charge on any atom is -0.332 e. The number of hydrogen-bond acceptors (Lipinski definition) is 3. The number of hydrogen-bond donors (Lipinski definition) is 1. The summed E-state index contributed by atoms with van der Waals surface area (Å²) in [5, 5.41) is 0.577. The second-order valence-corrected chi connectivity index (χ2v) is 9.52. The maximum atomic E-state index is 12.8. The molecule has 2 aromatic rings. The molecular formula is C16H14Cl3NO3S. The first-order valence-electron chi connectivity index (χ1n) is 6.85. The molecule has 1 N–H and O–H groups in total. The van der Waals surface area contributed by atoms with Gasteiger partial charge in [-0.2, -0.15) is 0 Å². The van der Waals surface area contributed by atoms with Crippen molar-refractivity contribution in [3.05, 3.63) is 65.7 Å². The van der Waals surface area contributed by atoms with E-state index in [0.717, 1.165) is 5.56 Å². The zero-order chi connectivity index (χ0) is 18.0. The summed E-state index contributed by atoms with van der Waals surface area (Å²) < 4.78 is 23.4. The fourth-order valence-electron chi connectivity index (χ4n) is 2.06. The highest BCUT2D eigenvalue weighted by atomic mass is 35.6. The number of aryl methyl sites for hydroxylation is 1. The standard InChI is InChI=1S/C16H14Cl3NO3S/c1-11-6-5-9-13(10-11)24(22,23)15(16(17,18)19)20-14(21)12-7-3-2-4-8-12/h2-10,15H,1H3,(H,20,21). The molecule has 0 heterocycles. The molecule has 4 nitrogen and oxygen atoms in total. The summed E-state index contributed by atoms with van der Waals surface area (Å²) in [5.41, 5.74) is 0.990. The van der Waals surface area contributed by atoms with E-state index in [9.17, 15) is 13.2 Å². The van der Waals surface area contributed by atoms with E-state index >= 15 is 0 Å². The van der Waals surface area contributed by atoms with E-state index in [2.05, 4.69) is 5.32 Å². The molecule has 0 aliphatic carbocycles. The highest BCUT2D eigenvalue weighted by molar-refractivity contribution is 7.92. The molecule has 24 heavy (non-hydrogen) atoms. The van der Waals surface area contributed by atoms with E-state index < -0.39 is 24.9 Å². The molecule has 0 saturated heterocycles. The molecule has 128 valence electrons. The predicted octanol–water partition coefficient (Wildman–Crippen LogP) is 3.90. The van der Waals surface area contributed by atoms with Crippen molar-refractivity contribution in [2.75, 3.05) is 0 Å². The average molecular weight is 407 g/mol. The molecular weight excluding hydrogens is 393 g/mol. The van der Waals surface area contributed by atoms with Crippen LogP contribution < -0.4 is 5.32 Å². The van der Waals surface area contributed by atoms with Crippen LogP contribution in [0.15, 0.2) is 59.5 Å². The van der Waals surface area contributed by atoms with Crippen molar-refractivity contribution >= 4 is 50.5 Å². The van der Waals surface area contributed by atoms with Crippen LogP contribution in [-0.4, -0.2) is 23.5 Å². The summed E-state index contributed by atoms with van der Waals surface area (Å²) in [4.78, 5) is 12.3. The summed E-state index contributed by atoms with van der Waals surface area (Å²) in [5.74, 6) is -0.650. The summed E-state index contributed by atoms with van der Waals surface area (Å²) in [6.45, 7) is 1.74. The Morgan fingerprint density at radius 2 is 1.67 bits per heavy atom. The van der Waals surface area contributed by atoms with Crippen LogP contribution in [0.25, 0.3) is 0 Å². The van der Waals surface area contributed by atoms with Gasteiger partial charge in [0.25, 0.3) is 5.91 Å². The third-order valence-corrected chi connectivity index (χ3v) is 6.27. The zero-order valence-electron chi connectivity index (χ0n) is 12.5. The van der Waals surface area contributed by atoms with Gasteiger partial charge < -0.3 is 5.32 Å². The largest absolute Gasteiger partial charge is 0.332 e. The Balaban J connectivity index is 2.41. The maximum Gasteiger partial charge on any atom is 0.252 e. The average Bonchev–Trinajstić information content (AvgIpc) is 2.52. The topological polar surface area (TPSA) is 63.2 Å². The second kappa shape index (κ2) is 7.31. The van der Waals surface area contributed by atoms with Gasteiger partial charge >= 0.3 is 0 Å². The third kappa shape index (κ3) is 4.42. The first-order chi connectivity index (χ1) is 11.1.